The van der Waals surface area contributed by atoms with Crippen LogP contribution in [0.2, 0.25) is 0 Å². The number of carboxylic acid groups (broad SMARTS) is 1. The van der Waals surface area contributed by atoms with Crippen LogP contribution in [0.3, 0.4) is 0 Å². The van der Waals surface area contributed by atoms with Crippen molar-refractivity contribution in [3.05, 3.63) is 35.4 Å². The van der Waals surface area contributed by atoms with Crippen molar-refractivity contribution >= 4 is 11.9 Å². The van der Waals surface area contributed by atoms with Gasteiger partial charge in [-0.2, -0.15) is 0 Å². The monoisotopic (exact) mass is 220 g/mol. The molecule has 1 aliphatic carbocycles. The van der Waals surface area contributed by atoms with Crippen LogP contribution in [0, 0.1) is 5.92 Å². The van der Waals surface area contributed by atoms with Crippen molar-refractivity contribution < 1.29 is 19.4 Å². The molecule has 1 fully saturated rings. The van der Waals surface area contributed by atoms with E-state index in [9.17, 15) is 9.59 Å². The smallest absolute Gasteiger partial charge is 0.337 e. The second-order valence-corrected chi connectivity index (χ2v) is 3.90. The van der Waals surface area contributed by atoms with Gasteiger partial charge in [-0.05, 0) is 30.0 Å². The highest BCUT2D eigenvalue weighted by atomic mass is 16.5. The van der Waals surface area contributed by atoms with Crippen molar-refractivity contribution in [1.29, 1.82) is 0 Å². The number of hydrogen-bond donors (Lipinski definition) is 1. The van der Waals surface area contributed by atoms with Gasteiger partial charge < -0.3 is 9.84 Å². The van der Waals surface area contributed by atoms with Crippen LogP contribution < -0.4 is 0 Å². The third-order valence-electron chi connectivity index (χ3n) is 2.87. The van der Waals surface area contributed by atoms with Gasteiger partial charge in [-0.1, -0.05) is 12.1 Å². The predicted octanol–water partition coefficient (Wildman–Crippen LogP) is 1.66. The molecule has 16 heavy (non-hydrogen) atoms. The van der Waals surface area contributed by atoms with Crippen molar-refractivity contribution in [3.8, 4) is 0 Å². The summed E-state index contributed by atoms with van der Waals surface area (Å²) in [5, 5.41) is 8.79. The van der Waals surface area contributed by atoms with Crippen LogP contribution in [0.15, 0.2) is 24.3 Å². The SMILES string of the molecule is COC(=O)c1ccc([C@@H]2CC2C(=O)O)cc1. The van der Waals surface area contributed by atoms with Gasteiger partial charge >= 0.3 is 11.9 Å². The van der Waals surface area contributed by atoms with Crippen molar-refractivity contribution in [1.82, 2.24) is 0 Å². The summed E-state index contributed by atoms with van der Waals surface area (Å²) in [5.74, 6) is -1.28. The zero-order chi connectivity index (χ0) is 11.7. The van der Waals surface area contributed by atoms with Gasteiger partial charge in [-0.25, -0.2) is 4.79 Å². The first-order valence-electron chi connectivity index (χ1n) is 5.04. The number of hydrogen-bond acceptors (Lipinski definition) is 3. The Morgan fingerprint density at radius 3 is 2.38 bits per heavy atom. The molecule has 0 aromatic heterocycles. The topological polar surface area (TPSA) is 63.6 Å². The molecular weight excluding hydrogens is 208 g/mol. The summed E-state index contributed by atoms with van der Waals surface area (Å²) in [6, 6.07) is 6.91. The number of esters is 1. The second kappa shape index (κ2) is 3.96. The van der Waals surface area contributed by atoms with Crippen LogP contribution >= 0.6 is 0 Å². The Labute approximate surface area is 92.8 Å². The standard InChI is InChI=1S/C12H12O4/c1-16-12(15)8-4-2-7(3-5-8)9-6-10(9)11(13)14/h2-5,9-10H,6H2,1H3,(H,13,14)/t9-,10?/m0/s1. The molecule has 0 amide bonds. The average molecular weight is 220 g/mol. The molecular formula is C12H12O4. The fraction of sp³-hybridized carbons (Fsp3) is 0.333. The minimum atomic E-state index is -0.748. The van der Waals surface area contributed by atoms with E-state index in [-0.39, 0.29) is 17.8 Å². The van der Waals surface area contributed by atoms with Crippen molar-refractivity contribution in [2.24, 2.45) is 5.92 Å². The molecule has 0 aliphatic heterocycles. The average Bonchev–Trinajstić information content (AvgIpc) is 3.08. The fourth-order valence-electron chi connectivity index (χ4n) is 1.82. The third-order valence-corrected chi connectivity index (χ3v) is 2.87. The van der Waals surface area contributed by atoms with Gasteiger partial charge in [-0.15, -0.1) is 0 Å². The van der Waals surface area contributed by atoms with Crippen LogP contribution in [0.5, 0.6) is 0 Å². The van der Waals surface area contributed by atoms with E-state index in [2.05, 4.69) is 4.74 Å². The van der Waals surface area contributed by atoms with E-state index in [1.54, 1.807) is 24.3 Å². The lowest BCUT2D eigenvalue weighted by Gasteiger charge is -2.01. The van der Waals surface area contributed by atoms with Crippen molar-refractivity contribution in [2.75, 3.05) is 7.11 Å². The zero-order valence-electron chi connectivity index (χ0n) is 8.84. The molecule has 1 aromatic carbocycles. The maximum absolute atomic E-state index is 11.2. The van der Waals surface area contributed by atoms with Crippen LogP contribution in [-0.4, -0.2) is 24.2 Å². The van der Waals surface area contributed by atoms with Gasteiger partial charge in [0.15, 0.2) is 0 Å². The summed E-state index contributed by atoms with van der Waals surface area (Å²) >= 11 is 0. The van der Waals surface area contributed by atoms with E-state index in [0.717, 1.165) is 5.56 Å². The van der Waals surface area contributed by atoms with Gasteiger partial charge in [-0.3, -0.25) is 4.79 Å². The van der Waals surface area contributed by atoms with E-state index in [1.165, 1.54) is 7.11 Å². The van der Waals surface area contributed by atoms with Gasteiger partial charge in [0.25, 0.3) is 0 Å². The summed E-state index contributed by atoms with van der Waals surface area (Å²) < 4.78 is 4.58. The van der Waals surface area contributed by atoms with Crippen LogP contribution in [0.25, 0.3) is 0 Å². The molecule has 0 bridgehead atoms. The lowest BCUT2D eigenvalue weighted by Crippen LogP contribution is -2.01. The predicted molar refractivity (Wildman–Crippen MR) is 56.3 cm³/mol. The molecule has 0 radical (unpaired) electrons. The molecule has 1 unspecified atom stereocenters. The highest BCUT2D eigenvalue weighted by Crippen LogP contribution is 2.47. The summed E-state index contributed by atoms with van der Waals surface area (Å²) in [7, 11) is 1.33. The van der Waals surface area contributed by atoms with Crippen LogP contribution in [-0.2, 0) is 9.53 Å². The van der Waals surface area contributed by atoms with Gasteiger partial charge in [0.2, 0.25) is 0 Å². The largest absolute Gasteiger partial charge is 0.481 e. The first-order chi connectivity index (χ1) is 7.63. The summed E-state index contributed by atoms with van der Waals surface area (Å²) in [6.07, 6.45) is 0.687. The second-order valence-electron chi connectivity index (χ2n) is 3.90. The van der Waals surface area contributed by atoms with Crippen molar-refractivity contribution in [2.45, 2.75) is 12.3 Å². The molecule has 4 heteroatoms. The molecule has 1 N–H and O–H groups in total. The van der Waals surface area contributed by atoms with E-state index >= 15 is 0 Å². The Morgan fingerprint density at radius 1 is 1.31 bits per heavy atom. The molecule has 1 saturated carbocycles. The minimum absolute atomic E-state index is 0.101. The highest BCUT2D eigenvalue weighted by molar-refractivity contribution is 5.89. The summed E-state index contributed by atoms with van der Waals surface area (Å²) in [5.41, 5.74) is 1.46. The Hall–Kier alpha value is -1.84. The number of benzene rings is 1. The molecule has 2 rings (SSSR count). The molecule has 0 saturated heterocycles. The third kappa shape index (κ3) is 1.91. The Kier molecular flexibility index (Phi) is 2.64. The molecule has 4 nitrogen and oxygen atoms in total. The lowest BCUT2D eigenvalue weighted by molar-refractivity contribution is -0.138. The highest BCUT2D eigenvalue weighted by Gasteiger charge is 2.44. The van der Waals surface area contributed by atoms with Gasteiger partial charge in [0.05, 0.1) is 18.6 Å². The quantitative estimate of drug-likeness (QED) is 0.787. The Balaban J connectivity index is 2.09. The first-order valence-corrected chi connectivity index (χ1v) is 5.04. The van der Waals surface area contributed by atoms with Gasteiger partial charge in [0.1, 0.15) is 0 Å². The molecule has 0 heterocycles. The first kappa shape index (κ1) is 10.7. The van der Waals surface area contributed by atoms with E-state index in [4.69, 9.17) is 5.11 Å². The number of methoxy groups -OCH3 is 1. The van der Waals surface area contributed by atoms with Crippen LogP contribution in [0.1, 0.15) is 28.3 Å². The molecule has 1 aliphatic rings. The Bertz CT molecular complexity index is 421. The maximum atomic E-state index is 11.2. The minimum Gasteiger partial charge on any atom is -0.481 e. The number of rotatable bonds is 3. The van der Waals surface area contributed by atoms with E-state index in [1.807, 2.05) is 0 Å². The summed E-state index contributed by atoms with van der Waals surface area (Å²) in [4.78, 5) is 21.9. The maximum Gasteiger partial charge on any atom is 0.337 e. The van der Waals surface area contributed by atoms with E-state index < -0.39 is 5.97 Å². The number of aliphatic carboxylic acids is 1. The van der Waals surface area contributed by atoms with Crippen LogP contribution in [0.4, 0.5) is 0 Å². The number of carbonyl (C=O) groups excluding carboxylic acids is 1. The summed E-state index contributed by atoms with van der Waals surface area (Å²) in [6.45, 7) is 0. The molecule has 0 spiro atoms. The number of carboxylic acids is 1. The normalized spacial score (nSPS) is 22.6. The number of ether oxygens (including phenoxy) is 1. The molecule has 1 aromatic rings. The fourth-order valence-corrected chi connectivity index (χ4v) is 1.82. The Morgan fingerprint density at radius 2 is 1.94 bits per heavy atom. The molecule has 84 valence electrons. The van der Waals surface area contributed by atoms with Gasteiger partial charge in [0, 0.05) is 0 Å². The van der Waals surface area contributed by atoms with E-state index in [0.29, 0.717) is 12.0 Å². The van der Waals surface area contributed by atoms with Crippen molar-refractivity contribution in [3.63, 3.8) is 0 Å². The lowest BCUT2D eigenvalue weighted by atomic mass is 10.1. The molecule has 2 atom stereocenters. The zero-order valence-corrected chi connectivity index (χ0v) is 8.84. The number of carbonyl (C=O) groups is 2.